The van der Waals surface area contributed by atoms with Crippen molar-refractivity contribution < 1.29 is 22.8 Å². The van der Waals surface area contributed by atoms with E-state index in [9.17, 15) is 27.6 Å². The highest BCUT2D eigenvalue weighted by molar-refractivity contribution is 5.98. The van der Waals surface area contributed by atoms with Crippen LogP contribution < -0.4 is 16.1 Å². The lowest BCUT2D eigenvalue weighted by Crippen LogP contribution is -2.23. The molecule has 0 fully saturated rings. The average molecular weight is 453 g/mol. The number of halogens is 3. The first-order chi connectivity index (χ1) is 15.6. The summed E-state index contributed by atoms with van der Waals surface area (Å²) in [6, 6.07) is 16.6. The van der Waals surface area contributed by atoms with Gasteiger partial charge in [-0.3, -0.25) is 14.4 Å². The quantitative estimate of drug-likeness (QED) is 0.437. The number of amides is 2. The van der Waals surface area contributed by atoms with E-state index in [-0.39, 0.29) is 17.7 Å². The van der Waals surface area contributed by atoms with Gasteiger partial charge < -0.3 is 15.2 Å². The number of aromatic nitrogens is 1. The van der Waals surface area contributed by atoms with E-state index < -0.39 is 29.2 Å². The molecule has 1 aromatic heterocycles. The van der Waals surface area contributed by atoms with E-state index in [2.05, 4.69) is 10.6 Å². The minimum Gasteiger partial charge on any atom is -0.331 e. The SMILES string of the molecule is CC(=O)Nc1ccc(NC(=O)Cn2c3ccccc3c(=O)c3ccccc32)c(C(F)(F)F)c1. The summed E-state index contributed by atoms with van der Waals surface area (Å²) in [6.07, 6.45) is -4.76. The highest BCUT2D eigenvalue weighted by atomic mass is 19.4. The first-order valence-corrected chi connectivity index (χ1v) is 9.94. The largest absolute Gasteiger partial charge is 0.418 e. The molecule has 0 aliphatic heterocycles. The maximum Gasteiger partial charge on any atom is 0.418 e. The van der Waals surface area contributed by atoms with Crippen molar-refractivity contribution in [2.75, 3.05) is 10.6 Å². The molecule has 4 aromatic rings. The summed E-state index contributed by atoms with van der Waals surface area (Å²) >= 11 is 0. The number of hydrogen-bond acceptors (Lipinski definition) is 3. The van der Waals surface area contributed by atoms with E-state index in [0.717, 1.165) is 12.1 Å². The van der Waals surface area contributed by atoms with Gasteiger partial charge in [-0.25, -0.2) is 0 Å². The maximum atomic E-state index is 13.6. The molecule has 0 aliphatic carbocycles. The second-order valence-electron chi connectivity index (χ2n) is 7.44. The van der Waals surface area contributed by atoms with Gasteiger partial charge in [-0.15, -0.1) is 0 Å². The van der Waals surface area contributed by atoms with E-state index in [1.807, 2.05) is 0 Å². The van der Waals surface area contributed by atoms with Gasteiger partial charge in [0.05, 0.1) is 22.3 Å². The standard InChI is InChI=1S/C24H18F3N3O3/c1-14(31)28-15-10-11-19(18(12-15)24(25,26)27)29-22(32)13-30-20-8-4-2-6-16(20)23(33)17-7-3-5-9-21(17)30/h2-12H,13H2,1H3,(H,28,31)(H,29,32). The number of anilines is 2. The van der Waals surface area contributed by atoms with Crippen LogP contribution in [-0.4, -0.2) is 16.4 Å². The lowest BCUT2D eigenvalue weighted by molar-refractivity contribution is -0.137. The topological polar surface area (TPSA) is 80.2 Å². The molecule has 2 amide bonds. The lowest BCUT2D eigenvalue weighted by Gasteiger charge is -2.18. The minimum atomic E-state index is -4.76. The van der Waals surface area contributed by atoms with Gasteiger partial charge in [-0.2, -0.15) is 13.2 Å². The van der Waals surface area contributed by atoms with Gasteiger partial charge in [-0.1, -0.05) is 24.3 Å². The van der Waals surface area contributed by atoms with Crippen LogP contribution in [0.2, 0.25) is 0 Å². The summed E-state index contributed by atoms with van der Waals surface area (Å²) in [6.45, 7) is 0.869. The summed E-state index contributed by atoms with van der Waals surface area (Å²) in [5.41, 5.74) is -0.759. The number of carbonyl (C=O) groups excluding carboxylic acids is 2. The fraction of sp³-hybridized carbons (Fsp3) is 0.125. The van der Waals surface area contributed by atoms with Crippen LogP contribution in [0, 0.1) is 0 Å². The normalized spacial score (nSPS) is 11.5. The molecule has 9 heteroatoms. The Morgan fingerprint density at radius 3 is 2.00 bits per heavy atom. The van der Waals surface area contributed by atoms with E-state index in [1.54, 1.807) is 53.1 Å². The van der Waals surface area contributed by atoms with Gasteiger partial charge in [-0.05, 0) is 42.5 Å². The van der Waals surface area contributed by atoms with Crippen LogP contribution in [-0.2, 0) is 22.3 Å². The fourth-order valence-corrected chi connectivity index (χ4v) is 3.75. The summed E-state index contributed by atoms with van der Waals surface area (Å²) in [7, 11) is 0. The Morgan fingerprint density at radius 1 is 0.879 bits per heavy atom. The molecule has 6 nitrogen and oxygen atoms in total. The minimum absolute atomic E-state index is 0.0368. The van der Waals surface area contributed by atoms with Gasteiger partial charge in [0.2, 0.25) is 11.8 Å². The third kappa shape index (κ3) is 4.43. The van der Waals surface area contributed by atoms with Crippen molar-refractivity contribution in [1.29, 1.82) is 0 Å². The molecule has 1 heterocycles. The molecule has 168 valence electrons. The van der Waals surface area contributed by atoms with Crippen molar-refractivity contribution in [1.82, 2.24) is 4.57 Å². The number of hydrogen-bond donors (Lipinski definition) is 2. The molecular formula is C24H18F3N3O3. The van der Waals surface area contributed by atoms with Crippen LogP contribution in [0.3, 0.4) is 0 Å². The molecule has 0 saturated heterocycles. The van der Waals surface area contributed by atoms with E-state index in [1.165, 1.54) is 13.0 Å². The molecule has 4 rings (SSSR count). The molecule has 0 radical (unpaired) electrons. The number of benzene rings is 3. The second-order valence-corrected chi connectivity index (χ2v) is 7.44. The molecule has 0 atom stereocenters. The first kappa shape index (κ1) is 22.1. The smallest absolute Gasteiger partial charge is 0.331 e. The number of nitrogens with one attached hydrogen (secondary N) is 2. The Kier molecular flexibility index (Phi) is 5.63. The van der Waals surface area contributed by atoms with Crippen molar-refractivity contribution in [3.05, 3.63) is 82.5 Å². The number of rotatable bonds is 4. The van der Waals surface area contributed by atoms with Crippen LogP contribution in [0.4, 0.5) is 24.5 Å². The molecule has 0 aliphatic rings. The number of carbonyl (C=O) groups is 2. The number of fused-ring (bicyclic) bond motifs is 2. The summed E-state index contributed by atoms with van der Waals surface area (Å²) in [4.78, 5) is 36.9. The third-order valence-corrected chi connectivity index (χ3v) is 5.10. The Labute approximate surface area is 185 Å². The van der Waals surface area contributed by atoms with Gasteiger partial charge in [0.15, 0.2) is 5.43 Å². The lowest BCUT2D eigenvalue weighted by atomic mass is 10.1. The molecule has 3 aromatic carbocycles. The van der Waals surface area contributed by atoms with E-state index >= 15 is 0 Å². The number of para-hydroxylation sites is 2. The molecular weight excluding hydrogens is 435 g/mol. The molecule has 0 saturated carbocycles. The van der Waals surface area contributed by atoms with Crippen molar-refractivity contribution in [2.45, 2.75) is 19.6 Å². The van der Waals surface area contributed by atoms with Crippen molar-refractivity contribution in [3.63, 3.8) is 0 Å². The van der Waals surface area contributed by atoms with Crippen molar-refractivity contribution in [3.8, 4) is 0 Å². The first-order valence-electron chi connectivity index (χ1n) is 9.94. The van der Waals surface area contributed by atoms with Crippen LogP contribution in [0.1, 0.15) is 12.5 Å². The van der Waals surface area contributed by atoms with Gasteiger partial charge in [0.1, 0.15) is 6.54 Å². The van der Waals surface area contributed by atoms with Gasteiger partial charge in [0, 0.05) is 23.4 Å². The van der Waals surface area contributed by atoms with Crippen LogP contribution in [0.25, 0.3) is 21.8 Å². The van der Waals surface area contributed by atoms with E-state index in [0.29, 0.717) is 21.8 Å². The molecule has 33 heavy (non-hydrogen) atoms. The summed E-state index contributed by atoms with van der Waals surface area (Å²) in [5, 5.41) is 5.42. The molecule has 0 bridgehead atoms. The van der Waals surface area contributed by atoms with Crippen LogP contribution in [0.15, 0.2) is 71.5 Å². The predicted octanol–water partition coefficient (Wildman–Crippen LogP) is 4.77. The fourth-order valence-electron chi connectivity index (χ4n) is 3.75. The number of alkyl halides is 3. The second kappa shape index (κ2) is 8.42. The van der Waals surface area contributed by atoms with Crippen molar-refractivity contribution in [2.24, 2.45) is 0 Å². The monoisotopic (exact) mass is 453 g/mol. The zero-order valence-electron chi connectivity index (χ0n) is 17.4. The predicted molar refractivity (Wildman–Crippen MR) is 120 cm³/mol. The molecule has 2 N–H and O–H groups in total. The van der Waals surface area contributed by atoms with Crippen LogP contribution >= 0.6 is 0 Å². The highest BCUT2D eigenvalue weighted by Gasteiger charge is 2.34. The zero-order chi connectivity index (χ0) is 23.8. The average Bonchev–Trinajstić information content (AvgIpc) is 2.76. The van der Waals surface area contributed by atoms with Crippen molar-refractivity contribution >= 4 is 45.0 Å². The van der Waals surface area contributed by atoms with Gasteiger partial charge in [0.25, 0.3) is 0 Å². The Bertz CT molecular complexity index is 1400. The zero-order valence-corrected chi connectivity index (χ0v) is 17.4. The summed E-state index contributed by atoms with van der Waals surface area (Å²) in [5.74, 6) is -1.22. The highest BCUT2D eigenvalue weighted by Crippen LogP contribution is 2.36. The summed E-state index contributed by atoms with van der Waals surface area (Å²) < 4.78 is 42.4. The molecule has 0 unspecified atom stereocenters. The Balaban J connectivity index is 1.74. The molecule has 0 spiro atoms. The Morgan fingerprint density at radius 2 is 1.45 bits per heavy atom. The van der Waals surface area contributed by atoms with Crippen LogP contribution in [0.5, 0.6) is 0 Å². The maximum absolute atomic E-state index is 13.6. The van der Waals surface area contributed by atoms with E-state index in [4.69, 9.17) is 0 Å². The van der Waals surface area contributed by atoms with Gasteiger partial charge >= 0.3 is 6.18 Å². The Hall–Kier alpha value is -4.14. The third-order valence-electron chi connectivity index (χ3n) is 5.10. The number of nitrogens with zero attached hydrogens (tertiary/aromatic N) is 1. The number of pyridine rings is 1.